The molecule has 1 fully saturated rings. The van der Waals surface area contributed by atoms with E-state index in [-0.39, 0.29) is 11.8 Å². The highest BCUT2D eigenvalue weighted by atomic mass is 16.5. The fourth-order valence-electron chi connectivity index (χ4n) is 3.10. The molecule has 1 aromatic rings. The molecule has 0 aliphatic carbocycles. The van der Waals surface area contributed by atoms with Gasteiger partial charge in [0.15, 0.2) is 5.75 Å². The normalized spacial score (nSPS) is 19.0. The van der Waals surface area contributed by atoms with E-state index in [1.54, 1.807) is 18.0 Å². The predicted molar refractivity (Wildman–Crippen MR) is 83.0 cm³/mol. The van der Waals surface area contributed by atoms with Gasteiger partial charge in [-0.2, -0.15) is 5.10 Å². The Balaban J connectivity index is 2.44. The molecule has 0 N–H and O–H groups in total. The van der Waals surface area contributed by atoms with Crippen LogP contribution in [0.1, 0.15) is 63.5 Å². The van der Waals surface area contributed by atoms with Crippen LogP contribution in [0.15, 0.2) is 6.20 Å². The Morgan fingerprint density at radius 2 is 2.05 bits per heavy atom. The summed E-state index contributed by atoms with van der Waals surface area (Å²) in [6.07, 6.45) is 4.78. The lowest BCUT2D eigenvalue weighted by molar-refractivity contribution is 0.0630. The summed E-state index contributed by atoms with van der Waals surface area (Å²) >= 11 is 0. The Morgan fingerprint density at radius 3 is 2.52 bits per heavy atom. The molecule has 0 radical (unpaired) electrons. The number of likely N-dealkylation sites (tertiary alicyclic amines) is 1. The SMILES string of the molecule is CCC(C)(C(=O)c1c(OC)cnn1C(C)C)N1CCCC1. The highest BCUT2D eigenvalue weighted by Gasteiger charge is 2.42. The second-order valence-corrected chi connectivity index (χ2v) is 6.25. The number of aromatic nitrogens is 2. The maximum atomic E-state index is 13.3. The summed E-state index contributed by atoms with van der Waals surface area (Å²) in [5.74, 6) is 0.697. The van der Waals surface area contributed by atoms with Crippen molar-refractivity contribution in [3.63, 3.8) is 0 Å². The maximum Gasteiger partial charge on any atom is 0.204 e. The van der Waals surface area contributed by atoms with Gasteiger partial charge in [0.1, 0.15) is 5.69 Å². The van der Waals surface area contributed by atoms with Gasteiger partial charge in [0.05, 0.1) is 18.8 Å². The van der Waals surface area contributed by atoms with E-state index in [1.807, 2.05) is 13.8 Å². The van der Waals surface area contributed by atoms with Gasteiger partial charge in [-0.05, 0) is 53.1 Å². The predicted octanol–water partition coefficient (Wildman–Crippen LogP) is 2.92. The summed E-state index contributed by atoms with van der Waals surface area (Å²) in [4.78, 5) is 15.6. The van der Waals surface area contributed by atoms with Gasteiger partial charge in [0.2, 0.25) is 5.78 Å². The molecule has 21 heavy (non-hydrogen) atoms. The van der Waals surface area contributed by atoms with Gasteiger partial charge >= 0.3 is 0 Å². The minimum Gasteiger partial charge on any atom is -0.493 e. The summed E-state index contributed by atoms with van der Waals surface area (Å²) in [5.41, 5.74) is 0.125. The van der Waals surface area contributed by atoms with Crippen LogP contribution in [0.25, 0.3) is 0 Å². The van der Waals surface area contributed by atoms with Crippen LogP contribution in [0, 0.1) is 0 Å². The second-order valence-electron chi connectivity index (χ2n) is 6.25. The van der Waals surface area contributed by atoms with E-state index in [0.29, 0.717) is 11.4 Å². The van der Waals surface area contributed by atoms with Crippen molar-refractivity contribution >= 4 is 5.78 Å². The molecule has 2 heterocycles. The Labute approximate surface area is 127 Å². The number of hydrogen-bond donors (Lipinski definition) is 0. The molecule has 1 unspecified atom stereocenters. The molecule has 1 aliphatic rings. The van der Waals surface area contributed by atoms with E-state index in [4.69, 9.17) is 4.74 Å². The highest BCUT2D eigenvalue weighted by molar-refractivity contribution is 6.03. The smallest absolute Gasteiger partial charge is 0.204 e. The first kappa shape index (κ1) is 16.0. The molecular weight excluding hydrogens is 266 g/mol. The lowest BCUT2D eigenvalue weighted by Gasteiger charge is -2.37. The summed E-state index contributed by atoms with van der Waals surface area (Å²) in [6.45, 7) is 10.2. The zero-order chi connectivity index (χ0) is 15.6. The van der Waals surface area contributed by atoms with Crippen molar-refractivity contribution in [2.75, 3.05) is 20.2 Å². The van der Waals surface area contributed by atoms with Gasteiger partial charge in [-0.25, -0.2) is 0 Å². The summed E-state index contributed by atoms with van der Waals surface area (Å²) in [7, 11) is 1.59. The van der Waals surface area contributed by atoms with E-state index in [0.717, 1.165) is 19.5 Å². The Kier molecular flexibility index (Phi) is 4.71. The Hall–Kier alpha value is -1.36. The molecule has 5 heteroatoms. The molecule has 2 rings (SSSR count). The fourth-order valence-corrected chi connectivity index (χ4v) is 3.10. The van der Waals surface area contributed by atoms with Gasteiger partial charge in [0.25, 0.3) is 0 Å². The van der Waals surface area contributed by atoms with Crippen LogP contribution >= 0.6 is 0 Å². The van der Waals surface area contributed by atoms with E-state index in [2.05, 4.69) is 23.8 Å². The van der Waals surface area contributed by atoms with Gasteiger partial charge < -0.3 is 4.74 Å². The number of methoxy groups -OCH3 is 1. The summed E-state index contributed by atoms with van der Waals surface area (Å²) < 4.78 is 7.16. The van der Waals surface area contributed by atoms with E-state index in [9.17, 15) is 4.79 Å². The third-order valence-corrected chi connectivity index (χ3v) is 4.67. The number of hydrogen-bond acceptors (Lipinski definition) is 4. The van der Waals surface area contributed by atoms with Gasteiger partial charge in [0, 0.05) is 6.04 Å². The number of nitrogens with zero attached hydrogens (tertiary/aromatic N) is 3. The lowest BCUT2D eigenvalue weighted by Crippen LogP contribution is -2.51. The molecular formula is C16H27N3O2. The molecule has 0 spiro atoms. The molecule has 0 aromatic carbocycles. The molecule has 118 valence electrons. The van der Waals surface area contributed by atoms with E-state index >= 15 is 0 Å². The van der Waals surface area contributed by atoms with Crippen LogP contribution in [-0.2, 0) is 0 Å². The first-order chi connectivity index (χ1) is 9.95. The number of ketones is 1. The van der Waals surface area contributed by atoms with Gasteiger partial charge in [-0.15, -0.1) is 0 Å². The molecule has 0 bridgehead atoms. The second kappa shape index (κ2) is 6.18. The number of carbonyl (C=O) groups is 1. The molecule has 1 aromatic heterocycles. The third-order valence-electron chi connectivity index (χ3n) is 4.67. The van der Waals surface area contributed by atoms with Crippen molar-refractivity contribution in [2.24, 2.45) is 0 Å². The molecule has 0 saturated carbocycles. The monoisotopic (exact) mass is 293 g/mol. The largest absolute Gasteiger partial charge is 0.493 e. The quantitative estimate of drug-likeness (QED) is 0.757. The summed E-state index contributed by atoms with van der Waals surface area (Å²) in [6, 6.07) is 0.132. The number of rotatable bonds is 6. The Morgan fingerprint density at radius 1 is 1.43 bits per heavy atom. The van der Waals surface area contributed by atoms with Crippen molar-refractivity contribution in [1.29, 1.82) is 0 Å². The van der Waals surface area contributed by atoms with E-state index in [1.165, 1.54) is 12.8 Å². The van der Waals surface area contributed by atoms with Crippen LogP contribution in [0.4, 0.5) is 0 Å². The van der Waals surface area contributed by atoms with Crippen LogP contribution < -0.4 is 4.74 Å². The topological polar surface area (TPSA) is 47.4 Å². The lowest BCUT2D eigenvalue weighted by atomic mass is 9.89. The first-order valence-corrected chi connectivity index (χ1v) is 7.87. The zero-order valence-electron chi connectivity index (χ0n) is 13.8. The fraction of sp³-hybridized carbons (Fsp3) is 0.750. The van der Waals surface area contributed by atoms with E-state index < -0.39 is 5.54 Å². The highest BCUT2D eigenvalue weighted by Crippen LogP contribution is 2.32. The maximum absolute atomic E-state index is 13.3. The molecule has 0 amide bonds. The molecule has 1 saturated heterocycles. The van der Waals surface area contributed by atoms with Gasteiger partial charge in [-0.3, -0.25) is 14.4 Å². The van der Waals surface area contributed by atoms with Crippen LogP contribution in [0.3, 0.4) is 0 Å². The van der Waals surface area contributed by atoms with Crippen LogP contribution in [0.2, 0.25) is 0 Å². The number of Topliss-reactive ketones (excluding diaryl/α,β-unsaturated/α-hetero) is 1. The Bertz CT molecular complexity index is 504. The first-order valence-electron chi connectivity index (χ1n) is 7.87. The van der Waals surface area contributed by atoms with Crippen LogP contribution in [0.5, 0.6) is 5.75 Å². The van der Waals surface area contributed by atoms with Crippen molar-refractivity contribution in [2.45, 2.75) is 58.5 Å². The van der Waals surface area contributed by atoms with Crippen molar-refractivity contribution in [1.82, 2.24) is 14.7 Å². The van der Waals surface area contributed by atoms with Crippen molar-refractivity contribution in [3.8, 4) is 5.75 Å². The molecule has 1 aliphatic heterocycles. The average Bonchev–Trinajstić information content (AvgIpc) is 3.14. The molecule has 5 nitrogen and oxygen atoms in total. The molecule has 1 atom stereocenters. The number of carbonyl (C=O) groups excluding carboxylic acids is 1. The van der Waals surface area contributed by atoms with Crippen molar-refractivity contribution < 1.29 is 9.53 Å². The number of ether oxygens (including phenoxy) is 1. The van der Waals surface area contributed by atoms with Crippen LogP contribution in [-0.4, -0.2) is 46.2 Å². The average molecular weight is 293 g/mol. The standard InChI is InChI=1S/C16H27N3O2/c1-6-16(4,18-9-7-8-10-18)15(20)14-13(21-5)11-17-19(14)12(2)3/h11-12H,6-10H2,1-5H3. The minimum absolute atomic E-state index is 0.120. The summed E-state index contributed by atoms with van der Waals surface area (Å²) in [5, 5.41) is 4.33. The van der Waals surface area contributed by atoms with Gasteiger partial charge in [-0.1, -0.05) is 6.92 Å². The zero-order valence-corrected chi connectivity index (χ0v) is 13.8. The van der Waals surface area contributed by atoms with Crippen molar-refractivity contribution in [3.05, 3.63) is 11.9 Å². The third kappa shape index (κ3) is 2.71. The minimum atomic E-state index is -0.476.